The van der Waals surface area contributed by atoms with Gasteiger partial charge in [0.2, 0.25) is 0 Å². The van der Waals surface area contributed by atoms with E-state index >= 15 is 0 Å². The molecule has 0 bridgehead atoms. The minimum absolute atomic E-state index is 0.195. The van der Waals surface area contributed by atoms with Crippen LogP contribution < -0.4 is 5.32 Å². The van der Waals surface area contributed by atoms with E-state index in [4.69, 9.17) is 0 Å². The maximum absolute atomic E-state index is 3.80. The molecule has 0 aromatic heterocycles. The fourth-order valence-corrected chi connectivity index (χ4v) is 3.23. The summed E-state index contributed by atoms with van der Waals surface area (Å²) in [7, 11) is 0. The van der Waals surface area contributed by atoms with Crippen molar-refractivity contribution in [3.8, 4) is 0 Å². The average molecular weight is 251 g/mol. The molecule has 1 heteroatoms. The van der Waals surface area contributed by atoms with Gasteiger partial charge in [-0.3, -0.25) is 0 Å². The Hall–Kier alpha value is -1.60. The Kier molecular flexibility index (Phi) is 3.16. The molecule has 1 fully saturated rings. The van der Waals surface area contributed by atoms with Crippen LogP contribution in [0.3, 0.4) is 0 Å². The van der Waals surface area contributed by atoms with Gasteiger partial charge in [0.05, 0.1) is 0 Å². The van der Waals surface area contributed by atoms with Gasteiger partial charge in [0, 0.05) is 17.5 Å². The lowest BCUT2D eigenvalue weighted by atomic mass is 9.85. The third-order valence-corrected chi connectivity index (χ3v) is 4.07. The second kappa shape index (κ2) is 4.82. The minimum atomic E-state index is 0.195. The number of nitrogens with one attached hydrogen (secondary N) is 1. The molecule has 3 rings (SSSR count). The minimum Gasteiger partial charge on any atom is -0.304 e. The van der Waals surface area contributed by atoms with E-state index in [1.807, 2.05) is 0 Å². The number of benzene rings is 2. The molecular weight excluding hydrogens is 230 g/mol. The van der Waals surface area contributed by atoms with E-state index < -0.39 is 0 Å². The lowest BCUT2D eigenvalue weighted by Crippen LogP contribution is -2.33. The highest BCUT2D eigenvalue weighted by atomic mass is 15.0. The average Bonchev–Trinajstić information content (AvgIpc) is 2.77. The van der Waals surface area contributed by atoms with Crippen molar-refractivity contribution in [3.05, 3.63) is 71.8 Å². The Labute approximate surface area is 115 Å². The number of hydrogen-bond donors (Lipinski definition) is 1. The lowest BCUT2D eigenvalue weighted by molar-refractivity contribution is 0.433. The summed E-state index contributed by atoms with van der Waals surface area (Å²) in [5.41, 5.74) is 3.03. The molecule has 0 saturated carbocycles. The maximum atomic E-state index is 3.80. The smallest absolute Gasteiger partial charge is 0.0394 e. The Morgan fingerprint density at radius 2 is 1.37 bits per heavy atom. The fraction of sp³-hybridized carbons (Fsp3) is 0.333. The Morgan fingerprint density at radius 1 is 0.842 bits per heavy atom. The van der Waals surface area contributed by atoms with Crippen molar-refractivity contribution >= 4 is 0 Å². The van der Waals surface area contributed by atoms with Crippen LogP contribution >= 0.6 is 0 Å². The molecule has 2 atom stereocenters. The van der Waals surface area contributed by atoms with Gasteiger partial charge in [0.1, 0.15) is 0 Å². The molecular formula is C18H21N. The maximum Gasteiger partial charge on any atom is 0.0394 e. The van der Waals surface area contributed by atoms with Gasteiger partial charge in [-0.15, -0.1) is 0 Å². The summed E-state index contributed by atoms with van der Waals surface area (Å²) in [4.78, 5) is 0. The molecule has 0 amide bonds. The van der Waals surface area contributed by atoms with Crippen LogP contribution in [0.2, 0.25) is 0 Å². The van der Waals surface area contributed by atoms with Crippen LogP contribution in [0.1, 0.15) is 43.4 Å². The first kappa shape index (κ1) is 12.4. The second-order valence-corrected chi connectivity index (χ2v) is 6.14. The quantitative estimate of drug-likeness (QED) is 0.840. The zero-order chi connectivity index (χ0) is 13.3. The molecule has 1 aliphatic heterocycles. The van der Waals surface area contributed by atoms with Gasteiger partial charge in [0.25, 0.3) is 0 Å². The SMILES string of the molecule is CC1(C)C[C@H](c2ccccc2)[C@@H](c2ccccc2)N1. The van der Waals surface area contributed by atoms with E-state index in [0.717, 1.165) is 0 Å². The molecule has 2 aromatic carbocycles. The van der Waals surface area contributed by atoms with Gasteiger partial charge >= 0.3 is 0 Å². The molecule has 98 valence electrons. The zero-order valence-electron chi connectivity index (χ0n) is 11.6. The highest BCUT2D eigenvalue weighted by Crippen LogP contribution is 2.43. The molecule has 0 aliphatic carbocycles. The largest absolute Gasteiger partial charge is 0.304 e. The molecule has 1 saturated heterocycles. The van der Waals surface area contributed by atoms with Crippen molar-refractivity contribution in [2.75, 3.05) is 0 Å². The van der Waals surface area contributed by atoms with Gasteiger partial charge in [-0.2, -0.15) is 0 Å². The lowest BCUT2D eigenvalue weighted by Gasteiger charge is -2.21. The Bertz CT molecular complexity index is 481. The molecule has 0 unspecified atom stereocenters. The zero-order valence-corrected chi connectivity index (χ0v) is 11.6. The summed E-state index contributed by atoms with van der Waals surface area (Å²) in [5.74, 6) is 0.554. The van der Waals surface area contributed by atoms with Gasteiger partial charge in [0.15, 0.2) is 0 Å². The molecule has 0 radical (unpaired) electrons. The van der Waals surface area contributed by atoms with Gasteiger partial charge < -0.3 is 5.32 Å². The predicted molar refractivity (Wildman–Crippen MR) is 80.2 cm³/mol. The van der Waals surface area contributed by atoms with Crippen LogP contribution in [0, 0.1) is 0 Å². The van der Waals surface area contributed by atoms with Crippen molar-refractivity contribution < 1.29 is 0 Å². The van der Waals surface area contributed by atoms with Crippen LogP contribution in [0.5, 0.6) is 0 Å². The first-order valence-corrected chi connectivity index (χ1v) is 7.03. The molecule has 19 heavy (non-hydrogen) atoms. The third kappa shape index (κ3) is 2.57. The predicted octanol–water partition coefficient (Wildman–Crippen LogP) is 4.28. The normalized spacial score (nSPS) is 25.4. The van der Waals surface area contributed by atoms with Gasteiger partial charge in [-0.05, 0) is 31.4 Å². The van der Waals surface area contributed by atoms with E-state index in [1.54, 1.807) is 0 Å². The monoisotopic (exact) mass is 251 g/mol. The molecule has 0 spiro atoms. The van der Waals surface area contributed by atoms with E-state index in [0.29, 0.717) is 12.0 Å². The first-order chi connectivity index (χ1) is 9.16. The van der Waals surface area contributed by atoms with Crippen molar-refractivity contribution in [3.63, 3.8) is 0 Å². The summed E-state index contributed by atoms with van der Waals surface area (Å²) in [6.45, 7) is 4.60. The van der Waals surface area contributed by atoms with E-state index in [2.05, 4.69) is 79.8 Å². The van der Waals surface area contributed by atoms with Crippen molar-refractivity contribution in [2.45, 2.75) is 37.8 Å². The van der Waals surface area contributed by atoms with E-state index in [-0.39, 0.29) is 5.54 Å². The van der Waals surface area contributed by atoms with Crippen LogP contribution in [-0.4, -0.2) is 5.54 Å². The molecule has 1 aliphatic rings. The van der Waals surface area contributed by atoms with E-state index in [1.165, 1.54) is 17.5 Å². The highest BCUT2D eigenvalue weighted by Gasteiger charge is 2.39. The number of hydrogen-bond acceptors (Lipinski definition) is 1. The summed E-state index contributed by atoms with van der Waals surface area (Å²) in [6, 6.07) is 22.1. The standard InChI is InChI=1S/C18H21N/c1-18(2)13-16(14-9-5-3-6-10-14)17(19-18)15-11-7-4-8-12-15/h3-12,16-17,19H,13H2,1-2H3/t16-,17-/m1/s1. The fourth-order valence-electron chi connectivity index (χ4n) is 3.23. The van der Waals surface area contributed by atoms with Gasteiger partial charge in [-0.25, -0.2) is 0 Å². The van der Waals surface area contributed by atoms with Crippen LogP contribution in [0.15, 0.2) is 60.7 Å². The third-order valence-electron chi connectivity index (χ3n) is 4.07. The first-order valence-electron chi connectivity index (χ1n) is 7.03. The Balaban J connectivity index is 1.97. The molecule has 1 nitrogen and oxygen atoms in total. The highest BCUT2D eigenvalue weighted by molar-refractivity contribution is 5.31. The van der Waals surface area contributed by atoms with Crippen LogP contribution in [0.25, 0.3) is 0 Å². The van der Waals surface area contributed by atoms with Crippen LogP contribution in [-0.2, 0) is 0 Å². The molecule has 1 heterocycles. The summed E-state index contributed by atoms with van der Waals surface area (Å²) in [5, 5.41) is 3.80. The van der Waals surface area contributed by atoms with Crippen molar-refractivity contribution in [1.82, 2.24) is 5.32 Å². The van der Waals surface area contributed by atoms with Gasteiger partial charge in [-0.1, -0.05) is 60.7 Å². The summed E-state index contributed by atoms with van der Waals surface area (Å²) in [6.07, 6.45) is 1.18. The topological polar surface area (TPSA) is 12.0 Å². The Morgan fingerprint density at radius 3 is 1.95 bits per heavy atom. The van der Waals surface area contributed by atoms with Crippen molar-refractivity contribution in [1.29, 1.82) is 0 Å². The van der Waals surface area contributed by atoms with Crippen LogP contribution in [0.4, 0.5) is 0 Å². The number of rotatable bonds is 2. The van der Waals surface area contributed by atoms with E-state index in [9.17, 15) is 0 Å². The second-order valence-electron chi connectivity index (χ2n) is 6.14. The molecule has 2 aromatic rings. The summed E-state index contributed by atoms with van der Waals surface area (Å²) < 4.78 is 0. The summed E-state index contributed by atoms with van der Waals surface area (Å²) >= 11 is 0. The van der Waals surface area contributed by atoms with Crippen molar-refractivity contribution in [2.24, 2.45) is 0 Å². The molecule has 1 N–H and O–H groups in total.